The predicted octanol–water partition coefficient (Wildman–Crippen LogP) is 3.43. The van der Waals surface area contributed by atoms with Gasteiger partial charge in [-0.2, -0.15) is 16.9 Å². The van der Waals surface area contributed by atoms with Crippen LogP contribution in [-0.2, 0) is 25.8 Å². The van der Waals surface area contributed by atoms with Crippen molar-refractivity contribution >= 4 is 11.8 Å². The predicted molar refractivity (Wildman–Crippen MR) is 90.6 cm³/mol. The van der Waals surface area contributed by atoms with Gasteiger partial charge >= 0.3 is 0 Å². The van der Waals surface area contributed by atoms with E-state index < -0.39 is 0 Å². The van der Waals surface area contributed by atoms with Crippen LogP contribution in [0.3, 0.4) is 0 Å². The van der Waals surface area contributed by atoms with Crippen molar-refractivity contribution in [2.45, 2.75) is 72.4 Å². The Morgan fingerprint density at radius 1 is 1.20 bits per heavy atom. The molecule has 0 saturated heterocycles. The van der Waals surface area contributed by atoms with Gasteiger partial charge in [-0.15, -0.1) is 0 Å². The number of hydrogen-bond acceptors (Lipinski definition) is 3. The number of thioether (sulfide) groups is 1. The van der Waals surface area contributed by atoms with Crippen LogP contribution < -0.4 is 5.73 Å². The molecule has 0 aliphatic carbocycles. The summed E-state index contributed by atoms with van der Waals surface area (Å²) in [7, 11) is 0. The molecule has 0 amide bonds. The Balaban J connectivity index is 2.83. The zero-order valence-electron chi connectivity index (χ0n) is 13.6. The summed E-state index contributed by atoms with van der Waals surface area (Å²) in [4.78, 5) is 0. The van der Waals surface area contributed by atoms with Crippen molar-refractivity contribution in [3.05, 3.63) is 17.0 Å². The van der Waals surface area contributed by atoms with Crippen molar-refractivity contribution in [3.63, 3.8) is 0 Å². The molecule has 0 aliphatic heterocycles. The van der Waals surface area contributed by atoms with E-state index in [9.17, 15) is 0 Å². The molecule has 0 aromatic carbocycles. The van der Waals surface area contributed by atoms with E-state index in [-0.39, 0.29) is 6.04 Å². The fourth-order valence-electron chi connectivity index (χ4n) is 2.56. The lowest BCUT2D eigenvalue weighted by Crippen LogP contribution is -2.22. The maximum Gasteiger partial charge on any atom is 0.0657 e. The Morgan fingerprint density at radius 2 is 1.95 bits per heavy atom. The van der Waals surface area contributed by atoms with E-state index in [4.69, 9.17) is 10.8 Å². The molecule has 0 aliphatic rings. The minimum Gasteiger partial charge on any atom is -0.327 e. The highest BCUT2D eigenvalue weighted by atomic mass is 32.2. The minimum atomic E-state index is 0.263. The Kier molecular flexibility index (Phi) is 8.31. The molecule has 1 unspecified atom stereocenters. The summed E-state index contributed by atoms with van der Waals surface area (Å²) in [6, 6.07) is 0.263. The molecule has 1 rings (SSSR count). The third-order valence-corrected chi connectivity index (χ3v) is 4.76. The number of aryl methyl sites for hydroxylation is 2. The van der Waals surface area contributed by atoms with Crippen molar-refractivity contribution in [1.82, 2.24) is 9.78 Å². The summed E-state index contributed by atoms with van der Waals surface area (Å²) in [5.74, 6) is 2.43. The molecule has 116 valence electrons. The van der Waals surface area contributed by atoms with E-state index in [1.54, 1.807) is 0 Å². The van der Waals surface area contributed by atoms with E-state index >= 15 is 0 Å². The van der Waals surface area contributed by atoms with Crippen molar-refractivity contribution < 1.29 is 0 Å². The summed E-state index contributed by atoms with van der Waals surface area (Å²) in [6.45, 7) is 9.85. The lowest BCUT2D eigenvalue weighted by atomic mass is 10.00. The highest BCUT2D eigenvalue weighted by Gasteiger charge is 2.17. The van der Waals surface area contributed by atoms with E-state index in [0.29, 0.717) is 0 Å². The molecule has 1 atom stereocenters. The lowest BCUT2D eigenvalue weighted by Gasteiger charge is -2.11. The molecule has 4 heteroatoms. The molecular formula is C16H31N3S. The van der Waals surface area contributed by atoms with Crippen LogP contribution in [0.25, 0.3) is 0 Å². The Hall–Kier alpha value is -0.480. The van der Waals surface area contributed by atoms with E-state index in [1.807, 2.05) is 11.8 Å². The van der Waals surface area contributed by atoms with Gasteiger partial charge in [-0.25, -0.2) is 0 Å². The van der Waals surface area contributed by atoms with Crippen molar-refractivity contribution in [3.8, 4) is 0 Å². The summed E-state index contributed by atoms with van der Waals surface area (Å²) < 4.78 is 2.24. The fourth-order valence-corrected chi connectivity index (χ4v) is 3.18. The quantitative estimate of drug-likeness (QED) is 0.673. The van der Waals surface area contributed by atoms with Gasteiger partial charge in [-0.1, -0.05) is 27.7 Å². The molecule has 0 radical (unpaired) electrons. The maximum absolute atomic E-state index is 6.16. The van der Waals surface area contributed by atoms with Gasteiger partial charge in [0.05, 0.1) is 5.69 Å². The topological polar surface area (TPSA) is 43.8 Å². The number of nitrogens with zero attached hydrogens (tertiary/aromatic N) is 2. The van der Waals surface area contributed by atoms with Crippen molar-refractivity contribution in [2.75, 3.05) is 11.5 Å². The molecule has 1 heterocycles. The van der Waals surface area contributed by atoms with Crippen LogP contribution in [0.2, 0.25) is 0 Å². The summed E-state index contributed by atoms with van der Waals surface area (Å²) >= 11 is 2.01. The van der Waals surface area contributed by atoms with Gasteiger partial charge in [-0.05, 0) is 49.2 Å². The highest BCUT2D eigenvalue weighted by molar-refractivity contribution is 7.99. The Bertz CT molecular complexity index is 387. The van der Waals surface area contributed by atoms with Crippen LogP contribution in [-0.4, -0.2) is 27.3 Å². The first-order valence-corrected chi connectivity index (χ1v) is 9.23. The van der Waals surface area contributed by atoms with Gasteiger partial charge in [0.15, 0.2) is 0 Å². The van der Waals surface area contributed by atoms with Gasteiger partial charge in [0, 0.05) is 18.3 Å². The van der Waals surface area contributed by atoms with Crippen LogP contribution in [0.1, 0.15) is 57.5 Å². The van der Waals surface area contributed by atoms with E-state index in [2.05, 4.69) is 32.4 Å². The average Bonchev–Trinajstić information content (AvgIpc) is 2.80. The SMILES string of the molecule is CCSCCCn1nc(CC)c(CC(N)CC)c1CC. The fraction of sp³-hybridized carbons (Fsp3) is 0.812. The second-order valence-electron chi connectivity index (χ2n) is 5.23. The summed E-state index contributed by atoms with van der Waals surface area (Å²) in [5, 5.41) is 4.84. The molecule has 1 aromatic rings. The molecule has 3 nitrogen and oxygen atoms in total. The first-order chi connectivity index (χ1) is 9.67. The van der Waals surface area contributed by atoms with E-state index in [0.717, 1.165) is 32.2 Å². The van der Waals surface area contributed by atoms with Crippen molar-refractivity contribution in [2.24, 2.45) is 5.73 Å². The molecule has 2 N–H and O–H groups in total. The monoisotopic (exact) mass is 297 g/mol. The standard InChI is InChI=1S/C16H31N3S/c1-5-13(17)12-14-15(6-2)18-19(16(14)7-3)10-9-11-20-8-4/h13H,5-12,17H2,1-4H3. The molecule has 20 heavy (non-hydrogen) atoms. The number of aromatic nitrogens is 2. The third kappa shape index (κ3) is 4.81. The van der Waals surface area contributed by atoms with Gasteiger partial charge < -0.3 is 5.73 Å². The van der Waals surface area contributed by atoms with Crippen LogP contribution in [0.4, 0.5) is 0 Å². The zero-order chi connectivity index (χ0) is 15.0. The van der Waals surface area contributed by atoms with Crippen LogP contribution in [0, 0.1) is 0 Å². The maximum atomic E-state index is 6.16. The van der Waals surface area contributed by atoms with Crippen LogP contribution in [0.5, 0.6) is 0 Å². The van der Waals surface area contributed by atoms with E-state index in [1.165, 1.54) is 34.9 Å². The smallest absolute Gasteiger partial charge is 0.0657 e. The molecule has 0 saturated carbocycles. The summed E-state index contributed by atoms with van der Waals surface area (Å²) in [5.41, 5.74) is 10.3. The van der Waals surface area contributed by atoms with Crippen LogP contribution in [0.15, 0.2) is 0 Å². The van der Waals surface area contributed by atoms with Crippen molar-refractivity contribution in [1.29, 1.82) is 0 Å². The van der Waals surface area contributed by atoms with Gasteiger partial charge in [-0.3, -0.25) is 4.68 Å². The first-order valence-electron chi connectivity index (χ1n) is 8.08. The number of rotatable bonds is 10. The molecule has 0 fully saturated rings. The van der Waals surface area contributed by atoms with Crippen LogP contribution >= 0.6 is 11.8 Å². The second-order valence-corrected chi connectivity index (χ2v) is 6.62. The molecule has 0 spiro atoms. The minimum absolute atomic E-state index is 0.263. The van der Waals surface area contributed by atoms with Gasteiger partial charge in [0.1, 0.15) is 0 Å². The molecule has 1 aromatic heterocycles. The average molecular weight is 298 g/mol. The zero-order valence-corrected chi connectivity index (χ0v) is 14.4. The normalized spacial score (nSPS) is 12.8. The second kappa shape index (κ2) is 9.46. The number of hydrogen-bond donors (Lipinski definition) is 1. The van der Waals surface area contributed by atoms with Gasteiger partial charge in [0.2, 0.25) is 0 Å². The Labute approximate surface area is 128 Å². The number of nitrogens with two attached hydrogens (primary N) is 1. The third-order valence-electron chi connectivity index (χ3n) is 3.77. The van der Waals surface area contributed by atoms with Gasteiger partial charge in [0.25, 0.3) is 0 Å². The highest BCUT2D eigenvalue weighted by Crippen LogP contribution is 2.19. The first kappa shape index (κ1) is 17.6. The molecular weight excluding hydrogens is 266 g/mol. The Morgan fingerprint density at radius 3 is 2.50 bits per heavy atom. The summed E-state index contributed by atoms with van der Waals surface area (Å²) in [6.07, 6.45) is 5.28. The molecule has 0 bridgehead atoms. The largest absolute Gasteiger partial charge is 0.327 e. The lowest BCUT2D eigenvalue weighted by molar-refractivity contribution is 0.571.